The Morgan fingerprint density at radius 2 is 1.57 bits per heavy atom. The number of hydrogen-bond acceptors (Lipinski definition) is 4. The molecule has 140 valence electrons. The molecule has 7 heteroatoms. The van der Waals surface area contributed by atoms with Crippen molar-refractivity contribution in [2.75, 3.05) is 4.72 Å². The SMILES string of the molecule is O=S(=O)(Nc1ccc(Cn2cncn2)cc1)c1ccccc1-c1ccccc1. The average Bonchev–Trinajstić information content (AvgIpc) is 3.23. The minimum atomic E-state index is -3.73. The fourth-order valence-corrected chi connectivity index (χ4v) is 4.24. The fourth-order valence-electron chi connectivity index (χ4n) is 2.95. The van der Waals surface area contributed by atoms with Crippen LogP contribution < -0.4 is 4.72 Å². The summed E-state index contributed by atoms with van der Waals surface area (Å²) in [5.41, 5.74) is 3.02. The molecular weight excluding hydrogens is 372 g/mol. The molecule has 28 heavy (non-hydrogen) atoms. The normalized spacial score (nSPS) is 11.3. The van der Waals surface area contributed by atoms with Crippen LogP contribution in [0.25, 0.3) is 11.1 Å². The Morgan fingerprint density at radius 3 is 2.29 bits per heavy atom. The zero-order valence-electron chi connectivity index (χ0n) is 14.9. The molecule has 1 aromatic heterocycles. The van der Waals surface area contributed by atoms with Gasteiger partial charge < -0.3 is 0 Å². The number of sulfonamides is 1. The van der Waals surface area contributed by atoms with Crippen molar-refractivity contribution in [2.45, 2.75) is 11.4 Å². The van der Waals surface area contributed by atoms with Crippen LogP contribution in [0.15, 0.2) is 96.4 Å². The van der Waals surface area contributed by atoms with Crippen molar-refractivity contribution in [1.29, 1.82) is 0 Å². The van der Waals surface area contributed by atoms with Gasteiger partial charge in [-0.05, 0) is 29.3 Å². The maximum absolute atomic E-state index is 13.0. The van der Waals surface area contributed by atoms with E-state index >= 15 is 0 Å². The van der Waals surface area contributed by atoms with E-state index in [-0.39, 0.29) is 4.90 Å². The molecule has 0 saturated heterocycles. The quantitative estimate of drug-likeness (QED) is 0.543. The third kappa shape index (κ3) is 3.94. The molecule has 0 saturated carbocycles. The topological polar surface area (TPSA) is 76.9 Å². The smallest absolute Gasteiger partial charge is 0.262 e. The summed E-state index contributed by atoms with van der Waals surface area (Å²) in [6.45, 7) is 0.573. The molecule has 4 rings (SSSR count). The van der Waals surface area contributed by atoms with Crippen LogP contribution in [-0.2, 0) is 16.6 Å². The molecule has 4 aromatic rings. The molecule has 6 nitrogen and oxygen atoms in total. The summed E-state index contributed by atoms with van der Waals surface area (Å²) in [5, 5.41) is 4.07. The molecule has 0 aliphatic heterocycles. The molecule has 1 heterocycles. The molecule has 0 atom stereocenters. The summed E-state index contributed by atoms with van der Waals surface area (Å²) in [4.78, 5) is 4.15. The van der Waals surface area contributed by atoms with Gasteiger partial charge >= 0.3 is 0 Å². The lowest BCUT2D eigenvalue weighted by molar-refractivity contribution is 0.601. The second-order valence-corrected chi connectivity index (χ2v) is 7.91. The summed E-state index contributed by atoms with van der Waals surface area (Å²) in [5.74, 6) is 0. The monoisotopic (exact) mass is 390 g/mol. The standard InChI is InChI=1S/C21H18N4O2S/c26-28(27,21-9-5-4-8-20(21)18-6-2-1-3-7-18)24-19-12-10-17(11-13-19)14-25-16-22-15-23-25/h1-13,15-16,24H,14H2. The van der Waals surface area contributed by atoms with Crippen LogP contribution in [0.2, 0.25) is 0 Å². The number of hydrogen-bond donors (Lipinski definition) is 1. The minimum absolute atomic E-state index is 0.243. The Morgan fingerprint density at radius 1 is 0.857 bits per heavy atom. The van der Waals surface area contributed by atoms with Gasteiger partial charge in [0.25, 0.3) is 10.0 Å². The largest absolute Gasteiger partial charge is 0.280 e. The highest BCUT2D eigenvalue weighted by molar-refractivity contribution is 7.92. The second-order valence-electron chi connectivity index (χ2n) is 6.26. The number of anilines is 1. The first-order valence-corrected chi connectivity index (χ1v) is 10.2. The summed E-state index contributed by atoms with van der Waals surface area (Å²) in [7, 11) is -3.73. The average molecular weight is 390 g/mol. The van der Waals surface area contributed by atoms with Gasteiger partial charge in [0, 0.05) is 11.3 Å². The van der Waals surface area contributed by atoms with Crippen molar-refractivity contribution in [1.82, 2.24) is 14.8 Å². The number of rotatable bonds is 6. The molecule has 0 unspecified atom stereocenters. The van der Waals surface area contributed by atoms with Crippen molar-refractivity contribution in [3.05, 3.63) is 97.1 Å². The number of benzene rings is 3. The number of nitrogens with one attached hydrogen (secondary N) is 1. The highest BCUT2D eigenvalue weighted by Gasteiger charge is 2.19. The maximum Gasteiger partial charge on any atom is 0.262 e. The van der Waals surface area contributed by atoms with Crippen LogP contribution in [0.5, 0.6) is 0 Å². The fraction of sp³-hybridized carbons (Fsp3) is 0.0476. The molecule has 0 amide bonds. The molecule has 3 aromatic carbocycles. The third-order valence-electron chi connectivity index (χ3n) is 4.28. The first-order valence-electron chi connectivity index (χ1n) is 8.70. The lowest BCUT2D eigenvalue weighted by Crippen LogP contribution is -2.14. The van der Waals surface area contributed by atoms with E-state index in [2.05, 4.69) is 14.8 Å². The molecule has 0 spiro atoms. The lowest BCUT2D eigenvalue weighted by atomic mass is 10.1. The van der Waals surface area contributed by atoms with Gasteiger partial charge in [0.1, 0.15) is 12.7 Å². The third-order valence-corrected chi connectivity index (χ3v) is 5.72. The second kappa shape index (κ2) is 7.66. The van der Waals surface area contributed by atoms with Crippen LogP contribution >= 0.6 is 0 Å². The van der Waals surface area contributed by atoms with Crippen molar-refractivity contribution in [3.63, 3.8) is 0 Å². The van der Waals surface area contributed by atoms with Gasteiger partial charge in [0.05, 0.1) is 11.4 Å². The highest BCUT2D eigenvalue weighted by Crippen LogP contribution is 2.28. The first-order chi connectivity index (χ1) is 13.6. The van der Waals surface area contributed by atoms with E-state index < -0.39 is 10.0 Å². The van der Waals surface area contributed by atoms with E-state index in [1.807, 2.05) is 54.6 Å². The zero-order valence-corrected chi connectivity index (χ0v) is 15.8. The van der Waals surface area contributed by atoms with Crippen molar-refractivity contribution >= 4 is 15.7 Å². The lowest BCUT2D eigenvalue weighted by Gasteiger charge is -2.13. The minimum Gasteiger partial charge on any atom is -0.280 e. The Balaban J connectivity index is 1.58. The van der Waals surface area contributed by atoms with Crippen LogP contribution in [0.4, 0.5) is 5.69 Å². The first kappa shape index (κ1) is 17.9. The van der Waals surface area contributed by atoms with Gasteiger partial charge in [-0.25, -0.2) is 18.1 Å². The van der Waals surface area contributed by atoms with Gasteiger partial charge in [-0.1, -0.05) is 60.7 Å². The van der Waals surface area contributed by atoms with E-state index in [0.29, 0.717) is 17.8 Å². The summed E-state index contributed by atoms with van der Waals surface area (Å²) in [6, 6.07) is 23.7. The van der Waals surface area contributed by atoms with Crippen molar-refractivity contribution < 1.29 is 8.42 Å². The van der Waals surface area contributed by atoms with Crippen LogP contribution in [0, 0.1) is 0 Å². The zero-order chi connectivity index (χ0) is 19.4. The number of nitrogens with zero attached hydrogens (tertiary/aromatic N) is 3. The van der Waals surface area contributed by atoms with E-state index in [1.54, 1.807) is 35.3 Å². The Bertz CT molecular complexity index is 1160. The van der Waals surface area contributed by atoms with Crippen molar-refractivity contribution in [2.24, 2.45) is 0 Å². The van der Waals surface area contributed by atoms with E-state index in [4.69, 9.17) is 0 Å². The molecule has 0 fully saturated rings. The van der Waals surface area contributed by atoms with Gasteiger partial charge in [-0.15, -0.1) is 0 Å². The Kier molecular flexibility index (Phi) is 4.90. The molecule has 0 radical (unpaired) electrons. The van der Waals surface area contributed by atoms with Crippen LogP contribution in [0.1, 0.15) is 5.56 Å². The van der Waals surface area contributed by atoms with E-state index in [1.165, 1.54) is 6.33 Å². The summed E-state index contributed by atoms with van der Waals surface area (Å²) < 4.78 is 30.4. The predicted octanol–water partition coefficient (Wildman–Crippen LogP) is 3.79. The van der Waals surface area contributed by atoms with Gasteiger partial charge in [0.15, 0.2) is 0 Å². The van der Waals surface area contributed by atoms with E-state index in [9.17, 15) is 8.42 Å². The van der Waals surface area contributed by atoms with Crippen molar-refractivity contribution in [3.8, 4) is 11.1 Å². The van der Waals surface area contributed by atoms with Gasteiger partial charge in [0.2, 0.25) is 0 Å². The van der Waals surface area contributed by atoms with Crippen LogP contribution in [0.3, 0.4) is 0 Å². The van der Waals surface area contributed by atoms with E-state index in [0.717, 1.165) is 11.1 Å². The molecule has 0 bridgehead atoms. The van der Waals surface area contributed by atoms with Crippen LogP contribution in [-0.4, -0.2) is 23.2 Å². The summed E-state index contributed by atoms with van der Waals surface area (Å²) in [6.07, 6.45) is 3.11. The Labute approximate surface area is 163 Å². The molecule has 1 N–H and O–H groups in total. The summed E-state index contributed by atoms with van der Waals surface area (Å²) >= 11 is 0. The molecule has 0 aliphatic rings. The van der Waals surface area contributed by atoms with Gasteiger partial charge in [-0.3, -0.25) is 4.72 Å². The van der Waals surface area contributed by atoms with Gasteiger partial charge in [-0.2, -0.15) is 5.10 Å². The predicted molar refractivity (Wildman–Crippen MR) is 108 cm³/mol. The molecular formula is C21H18N4O2S. The molecule has 0 aliphatic carbocycles. The maximum atomic E-state index is 13.0. The Hall–Kier alpha value is -3.45. The highest BCUT2D eigenvalue weighted by atomic mass is 32.2. The number of aromatic nitrogens is 3.